The Morgan fingerprint density at radius 1 is 1.20 bits per heavy atom. The second kappa shape index (κ2) is 9.23. The molecule has 1 atom stereocenters. The number of hydrogen-bond acceptors (Lipinski definition) is 5. The van der Waals surface area contributed by atoms with Crippen LogP contribution in [0.15, 0.2) is 66.1 Å². The summed E-state index contributed by atoms with van der Waals surface area (Å²) < 4.78 is 42.2. The number of aliphatic hydroxyl groups is 1. The molecule has 6 nitrogen and oxygen atoms in total. The molecule has 0 bridgehead atoms. The average Bonchev–Trinajstić information content (AvgIpc) is 3.20. The minimum absolute atomic E-state index is 0.0990. The van der Waals surface area contributed by atoms with Crippen molar-refractivity contribution >= 4 is 17.7 Å². The summed E-state index contributed by atoms with van der Waals surface area (Å²) in [5, 5.41) is 13.6. The molecule has 0 aliphatic heterocycles. The van der Waals surface area contributed by atoms with Crippen LogP contribution in [0.4, 0.5) is 13.2 Å². The predicted molar refractivity (Wildman–Crippen MR) is 106 cm³/mol. The Morgan fingerprint density at radius 2 is 1.87 bits per heavy atom. The van der Waals surface area contributed by atoms with Gasteiger partial charge in [0, 0.05) is 30.2 Å². The van der Waals surface area contributed by atoms with Crippen LogP contribution in [0, 0.1) is 0 Å². The standard InChI is InChI=1S/C20H18F3N3O3S/c1-30-19-24-10-11-26(19)15-6-2-14(3-7-15)18(28)25-12-17(27)13-4-8-16(9-5-13)29-20(21,22)23/h2-11,17,27H,12H2,1H3,(H,25,28). The van der Waals surface area contributed by atoms with Crippen molar-refractivity contribution < 1.29 is 27.8 Å². The van der Waals surface area contributed by atoms with Gasteiger partial charge in [-0.1, -0.05) is 23.9 Å². The lowest BCUT2D eigenvalue weighted by molar-refractivity contribution is -0.274. The molecule has 2 N–H and O–H groups in total. The van der Waals surface area contributed by atoms with Gasteiger partial charge in [-0.2, -0.15) is 0 Å². The Labute approximate surface area is 174 Å². The number of benzene rings is 2. The Bertz CT molecular complexity index is 989. The van der Waals surface area contributed by atoms with Crippen molar-refractivity contribution in [1.82, 2.24) is 14.9 Å². The molecule has 0 aliphatic rings. The van der Waals surface area contributed by atoms with Gasteiger partial charge in [0.15, 0.2) is 5.16 Å². The molecule has 0 fully saturated rings. The monoisotopic (exact) mass is 437 g/mol. The lowest BCUT2D eigenvalue weighted by Crippen LogP contribution is -2.28. The van der Waals surface area contributed by atoms with Gasteiger partial charge < -0.3 is 15.2 Å². The summed E-state index contributed by atoms with van der Waals surface area (Å²) in [6.07, 6.45) is -0.428. The number of amides is 1. The molecule has 10 heteroatoms. The highest BCUT2D eigenvalue weighted by molar-refractivity contribution is 7.98. The molecule has 1 heterocycles. The van der Waals surface area contributed by atoms with Crippen LogP contribution in [0.2, 0.25) is 0 Å². The lowest BCUT2D eigenvalue weighted by atomic mass is 10.1. The summed E-state index contributed by atoms with van der Waals surface area (Å²) >= 11 is 1.50. The number of imidazole rings is 1. The smallest absolute Gasteiger partial charge is 0.406 e. The van der Waals surface area contributed by atoms with Crippen LogP contribution in [0.5, 0.6) is 5.75 Å². The van der Waals surface area contributed by atoms with E-state index < -0.39 is 12.5 Å². The van der Waals surface area contributed by atoms with E-state index in [1.54, 1.807) is 30.5 Å². The van der Waals surface area contributed by atoms with Gasteiger partial charge in [0.25, 0.3) is 5.91 Å². The van der Waals surface area contributed by atoms with Crippen LogP contribution in [0.25, 0.3) is 5.69 Å². The van der Waals surface area contributed by atoms with Gasteiger partial charge in [-0.15, -0.1) is 13.2 Å². The number of hydrogen-bond donors (Lipinski definition) is 2. The van der Waals surface area contributed by atoms with Crippen molar-refractivity contribution in [2.75, 3.05) is 12.8 Å². The van der Waals surface area contributed by atoms with Crippen molar-refractivity contribution in [3.8, 4) is 11.4 Å². The molecule has 0 saturated carbocycles. The van der Waals surface area contributed by atoms with E-state index >= 15 is 0 Å². The van der Waals surface area contributed by atoms with Crippen molar-refractivity contribution in [3.63, 3.8) is 0 Å². The first-order valence-corrected chi connectivity index (χ1v) is 9.99. The van der Waals surface area contributed by atoms with Crippen molar-refractivity contribution in [2.24, 2.45) is 0 Å². The van der Waals surface area contributed by atoms with E-state index in [0.717, 1.165) is 23.0 Å². The molecule has 0 radical (unpaired) electrons. The molecule has 1 amide bonds. The normalized spacial score (nSPS) is 12.4. The largest absolute Gasteiger partial charge is 0.573 e. The number of carbonyl (C=O) groups excluding carboxylic acids is 1. The highest BCUT2D eigenvalue weighted by Gasteiger charge is 2.31. The fourth-order valence-corrected chi connectivity index (χ4v) is 3.24. The second-order valence-corrected chi connectivity index (χ2v) is 6.95. The van der Waals surface area contributed by atoms with Gasteiger partial charge in [-0.25, -0.2) is 4.98 Å². The Morgan fingerprint density at radius 3 is 2.47 bits per heavy atom. The van der Waals surface area contributed by atoms with E-state index in [4.69, 9.17) is 0 Å². The van der Waals surface area contributed by atoms with E-state index in [0.29, 0.717) is 11.1 Å². The number of rotatable bonds is 7. The zero-order chi connectivity index (χ0) is 21.7. The van der Waals surface area contributed by atoms with Gasteiger partial charge in [-0.3, -0.25) is 9.36 Å². The Balaban J connectivity index is 1.57. The van der Waals surface area contributed by atoms with Crippen molar-refractivity contribution in [2.45, 2.75) is 17.6 Å². The third-order valence-corrected chi connectivity index (χ3v) is 4.82. The number of halogens is 3. The third-order valence-electron chi connectivity index (χ3n) is 4.15. The molecule has 2 aromatic carbocycles. The van der Waals surface area contributed by atoms with E-state index in [1.807, 2.05) is 17.0 Å². The number of alkyl halides is 3. The van der Waals surface area contributed by atoms with Gasteiger partial charge in [0.05, 0.1) is 6.10 Å². The summed E-state index contributed by atoms with van der Waals surface area (Å²) in [5.74, 6) is -0.765. The fraction of sp³-hybridized carbons (Fsp3) is 0.200. The first kappa shape index (κ1) is 21.7. The van der Waals surface area contributed by atoms with Gasteiger partial charge >= 0.3 is 6.36 Å². The molecule has 0 aliphatic carbocycles. The minimum Gasteiger partial charge on any atom is -0.406 e. The molecular formula is C20H18F3N3O3S. The quantitative estimate of drug-likeness (QED) is 0.548. The topological polar surface area (TPSA) is 76.4 Å². The molecule has 30 heavy (non-hydrogen) atoms. The molecule has 158 valence electrons. The number of aliphatic hydroxyl groups excluding tert-OH is 1. The number of nitrogens with zero attached hydrogens (tertiary/aromatic N) is 2. The van der Waals surface area contributed by atoms with E-state index in [-0.39, 0.29) is 18.2 Å². The second-order valence-electron chi connectivity index (χ2n) is 6.17. The highest BCUT2D eigenvalue weighted by Crippen LogP contribution is 2.24. The first-order valence-electron chi connectivity index (χ1n) is 8.76. The maximum Gasteiger partial charge on any atom is 0.573 e. The maximum absolute atomic E-state index is 12.3. The van der Waals surface area contributed by atoms with Crippen LogP contribution >= 0.6 is 11.8 Å². The molecule has 0 saturated heterocycles. The Hall–Kier alpha value is -2.98. The molecule has 3 aromatic rings. The number of aromatic nitrogens is 2. The number of carbonyl (C=O) groups is 1. The molecule has 1 unspecified atom stereocenters. The highest BCUT2D eigenvalue weighted by atomic mass is 32.2. The third kappa shape index (κ3) is 5.55. The summed E-state index contributed by atoms with van der Waals surface area (Å²) in [6, 6.07) is 11.7. The molecule has 0 spiro atoms. The van der Waals surface area contributed by atoms with Crippen molar-refractivity contribution in [1.29, 1.82) is 0 Å². The number of ether oxygens (including phenoxy) is 1. The molecule has 1 aromatic heterocycles. The van der Waals surface area contributed by atoms with Crippen LogP contribution in [0.1, 0.15) is 22.0 Å². The van der Waals surface area contributed by atoms with E-state index in [2.05, 4.69) is 15.0 Å². The minimum atomic E-state index is -4.78. The van der Waals surface area contributed by atoms with E-state index in [9.17, 15) is 23.1 Å². The Kier molecular flexibility index (Phi) is 6.68. The molecular weight excluding hydrogens is 419 g/mol. The lowest BCUT2D eigenvalue weighted by Gasteiger charge is -2.14. The summed E-state index contributed by atoms with van der Waals surface area (Å²) in [7, 11) is 0. The maximum atomic E-state index is 12.3. The van der Waals surface area contributed by atoms with E-state index in [1.165, 1.54) is 23.9 Å². The van der Waals surface area contributed by atoms with Gasteiger partial charge in [0.1, 0.15) is 5.75 Å². The summed E-state index contributed by atoms with van der Waals surface area (Å²) in [6.45, 7) is -0.0990. The van der Waals surface area contributed by atoms with Gasteiger partial charge in [-0.05, 0) is 48.2 Å². The number of nitrogens with one attached hydrogen (secondary N) is 1. The number of thioether (sulfide) groups is 1. The van der Waals surface area contributed by atoms with Crippen LogP contribution < -0.4 is 10.1 Å². The first-order chi connectivity index (χ1) is 14.3. The van der Waals surface area contributed by atoms with Crippen LogP contribution in [-0.4, -0.2) is 39.7 Å². The van der Waals surface area contributed by atoms with Crippen LogP contribution in [-0.2, 0) is 0 Å². The SMILES string of the molecule is CSc1nccn1-c1ccc(C(=O)NCC(O)c2ccc(OC(F)(F)F)cc2)cc1. The van der Waals surface area contributed by atoms with Crippen LogP contribution in [0.3, 0.4) is 0 Å². The molecule has 3 rings (SSSR count). The van der Waals surface area contributed by atoms with Crippen molar-refractivity contribution in [3.05, 3.63) is 72.1 Å². The zero-order valence-electron chi connectivity index (χ0n) is 15.8. The zero-order valence-corrected chi connectivity index (χ0v) is 16.6. The van der Waals surface area contributed by atoms with Gasteiger partial charge in [0.2, 0.25) is 0 Å². The summed E-state index contributed by atoms with van der Waals surface area (Å²) in [5.41, 5.74) is 1.62. The summed E-state index contributed by atoms with van der Waals surface area (Å²) in [4.78, 5) is 16.5. The average molecular weight is 437 g/mol. The fourth-order valence-electron chi connectivity index (χ4n) is 2.71. The predicted octanol–water partition coefficient (Wildman–Crippen LogP) is 3.96.